The molecule has 1 heterocycles. The predicted molar refractivity (Wildman–Crippen MR) is 86.3 cm³/mol. The summed E-state index contributed by atoms with van der Waals surface area (Å²) in [4.78, 5) is 12.3. The van der Waals surface area contributed by atoms with E-state index in [4.69, 9.17) is 16.0 Å². The van der Waals surface area contributed by atoms with Gasteiger partial charge in [0.05, 0.1) is 11.6 Å². The summed E-state index contributed by atoms with van der Waals surface area (Å²) < 4.78 is 5.54. The maximum Gasteiger partial charge on any atom is 0.291 e. The van der Waals surface area contributed by atoms with Crippen LogP contribution in [0.1, 0.15) is 21.7 Å². The lowest BCUT2D eigenvalue weighted by Gasteiger charge is -2.08. The number of hydrogen-bond donors (Lipinski definition) is 2. The average Bonchev–Trinajstić information content (AvgIpc) is 2.95. The van der Waals surface area contributed by atoms with Crippen LogP contribution in [0.15, 0.2) is 46.9 Å². The van der Waals surface area contributed by atoms with Crippen LogP contribution < -0.4 is 5.32 Å². The van der Waals surface area contributed by atoms with Crippen molar-refractivity contribution in [3.8, 4) is 0 Å². The van der Waals surface area contributed by atoms with E-state index in [1.165, 1.54) is 0 Å². The average molecular weight is 316 g/mol. The standard InChI is InChI=1S/C17H14ClNO3/c1-10-5-6-11(9-20)7-14(10)19-17(21)15-8-12-3-2-4-13(18)16(12)22-15/h2-8,20H,9H2,1H3,(H,19,21). The Balaban J connectivity index is 1.92. The fourth-order valence-corrected chi connectivity index (χ4v) is 2.45. The van der Waals surface area contributed by atoms with Crippen LogP contribution in [-0.4, -0.2) is 11.0 Å². The first kappa shape index (κ1) is 14.6. The molecule has 4 nitrogen and oxygen atoms in total. The third-order valence-corrected chi connectivity index (χ3v) is 3.75. The fraction of sp³-hybridized carbons (Fsp3) is 0.118. The fourth-order valence-electron chi connectivity index (χ4n) is 2.23. The quantitative estimate of drug-likeness (QED) is 0.763. The molecule has 0 bridgehead atoms. The van der Waals surface area contributed by atoms with Crippen LogP contribution >= 0.6 is 11.6 Å². The zero-order valence-electron chi connectivity index (χ0n) is 11.9. The summed E-state index contributed by atoms with van der Waals surface area (Å²) in [7, 11) is 0. The Labute approximate surface area is 132 Å². The number of fused-ring (bicyclic) bond motifs is 1. The third-order valence-electron chi connectivity index (χ3n) is 3.45. The van der Waals surface area contributed by atoms with E-state index in [-0.39, 0.29) is 18.3 Å². The Hall–Kier alpha value is -2.30. The monoisotopic (exact) mass is 315 g/mol. The first-order valence-electron chi connectivity index (χ1n) is 6.78. The van der Waals surface area contributed by atoms with Gasteiger partial charge in [0.1, 0.15) is 0 Å². The molecule has 0 fully saturated rings. The van der Waals surface area contributed by atoms with Crippen LogP contribution in [-0.2, 0) is 6.61 Å². The van der Waals surface area contributed by atoms with Crippen molar-refractivity contribution in [3.05, 3.63) is 64.4 Å². The molecule has 0 spiro atoms. The highest BCUT2D eigenvalue weighted by Gasteiger charge is 2.15. The lowest BCUT2D eigenvalue weighted by molar-refractivity contribution is 0.0998. The van der Waals surface area contributed by atoms with Crippen molar-refractivity contribution in [1.82, 2.24) is 0 Å². The van der Waals surface area contributed by atoms with Gasteiger partial charge in [-0.2, -0.15) is 0 Å². The minimum absolute atomic E-state index is 0.0800. The van der Waals surface area contributed by atoms with E-state index >= 15 is 0 Å². The Morgan fingerprint density at radius 2 is 2.09 bits per heavy atom. The predicted octanol–water partition coefficient (Wildman–Crippen LogP) is 4.14. The van der Waals surface area contributed by atoms with Crippen molar-refractivity contribution < 1.29 is 14.3 Å². The number of aliphatic hydroxyl groups excluding tert-OH is 1. The van der Waals surface area contributed by atoms with E-state index in [2.05, 4.69) is 5.32 Å². The molecule has 0 aliphatic heterocycles. The van der Waals surface area contributed by atoms with E-state index in [1.54, 1.807) is 24.3 Å². The molecule has 2 N–H and O–H groups in total. The van der Waals surface area contributed by atoms with Crippen LogP contribution in [0.25, 0.3) is 11.0 Å². The van der Waals surface area contributed by atoms with E-state index < -0.39 is 0 Å². The van der Waals surface area contributed by atoms with Crippen molar-refractivity contribution in [3.63, 3.8) is 0 Å². The molecule has 0 aliphatic carbocycles. The molecule has 1 amide bonds. The Bertz CT molecular complexity index is 854. The summed E-state index contributed by atoms with van der Waals surface area (Å²) in [6.45, 7) is 1.80. The largest absolute Gasteiger partial charge is 0.449 e. The minimum Gasteiger partial charge on any atom is -0.449 e. The molecular formula is C17H14ClNO3. The van der Waals surface area contributed by atoms with Gasteiger partial charge in [-0.1, -0.05) is 35.9 Å². The highest BCUT2D eigenvalue weighted by molar-refractivity contribution is 6.34. The molecular weight excluding hydrogens is 302 g/mol. The Kier molecular flexibility index (Phi) is 3.88. The number of furan rings is 1. The van der Waals surface area contributed by atoms with E-state index in [0.29, 0.717) is 16.3 Å². The number of nitrogens with one attached hydrogen (secondary N) is 1. The van der Waals surface area contributed by atoms with E-state index in [0.717, 1.165) is 16.5 Å². The zero-order chi connectivity index (χ0) is 15.7. The topological polar surface area (TPSA) is 62.5 Å². The first-order chi connectivity index (χ1) is 10.6. The van der Waals surface area contributed by atoms with Gasteiger partial charge in [0, 0.05) is 11.1 Å². The number of aliphatic hydroxyl groups is 1. The lowest BCUT2D eigenvalue weighted by Crippen LogP contribution is -2.12. The smallest absolute Gasteiger partial charge is 0.291 e. The number of benzene rings is 2. The summed E-state index contributed by atoms with van der Waals surface area (Å²) in [5.41, 5.74) is 2.77. The number of carbonyl (C=O) groups is 1. The number of aryl methyl sites for hydroxylation is 1. The van der Waals surface area contributed by atoms with Gasteiger partial charge < -0.3 is 14.8 Å². The second kappa shape index (κ2) is 5.83. The second-order valence-electron chi connectivity index (χ2n) is 5.03. The number of rotatable bonds is 3. The summed E-state index contributed by atoms with van der Waals surface area (Å²) >= 11 is 6.05. The van der Waals surface area contributed by atoms with Crippen molar-refractivity contribution in [2.45, 2.75) is 13.5 Å². The molecule has 2 aromatic carbocycles. The SMILES string of the molecule is Cc1ccc(CO)cc1NC(=O)c1cc2cccc(Cl)c2o1. The molecule has 112 valence electrons. The van der Waals surface area contributed by atoms with Crippen LogP contribution in [0.4, 0.5) is 5.69 Å². The molecule has 1 aromatic heterocycles. The molecule has 0 atom stereocenters. The van der Waals surface area contributed by atoms with Crippen LogP contribution in [0.5, 0.6) is 0 Å². The van der Waals surface area contributed by atoms with Crippen molar-refractivity contribution in [2.75, 3.05) is 5.32 Å². The summed E-state index contributed by atoms with van der Waals surface area (Å²) in [6, 6.07) is 12.4. The van der Waals surface area contributed by atoms with Gasteiger partial charge in [-0.3, -0.25) is 4.79 Å². The highest BCUT2D eigenvalue weighted by Crippen LogP contribution is 2.27. The minimum atomic E-state index is -0.356. The number of anilines is 1. The van der Waals surface area contributed by atoms with Gasteiger partial charge in [0.15, 0.2) is 11.3 Å². The zero-order valence-corrected chi connectivity index (χ0v) is 12.6. The molecule has 0 unspecified atom stereocenters. The number of halogens is 1. The van der Waals surface area contributed by atoms with Crippen LogP contribution in [0, 0.1) is 6.92 Å². The lowest BCUT2D eigenvalue weighted by atomic mass is 10.1. The molecule has 5 heteroatoms. The van der Waals surface area contributed by atoms with Gasteiger partial charge in [-0.05, 0) is 36.2 Å². The normalized spacial score (nSPS) is 10.9. The summed E-state index contributed by atoms with van der Waals surface area (Å²) in [5, 5.41) is 13.2. The molecule has 3 aromatic rings. The van der Waals surface area contributed by atoms with E-state index in [9.17, 15) is 9.90 Å². The van der Waals surface area contributed by atoms with Gasteiger partial charge in [-0.15, -0.1) is 0 Å². The summed E-state index contributed by atoms with van der Waals surface area (Å²) in [5.74, 6) is -0.164. The Morgan fingerprint density at radius 3 is 2.82 bits per heavy atom. The third kappa shape index (κ3) is 2.71. The number of para-hydroxylation sites is 1. The maximum absolute atomic E-state index is 12.3. The molecule has 0 saturated heterocycles. The molecule has 3 rings (SSSR count). The summed E-state index contributed by atoms with van der Waals surface area (Å²) in [6.07, 6.45) is 0. The molecule has 0 radical (unpaired) electrons. The number of hydrogen-bond acceptors (Lipinski definition) is 3. The molecule has 0 aliphatic rings. The number of amides is 1. The van der Waals surface area contributed by atoms with Crippen molar-refractivity contribution in [1.29, 1.82) is 0 Å². The van der Waals surface area contributed by atoms with Crippen molar-refractivity contribution >= 4 is 34.2 Å². The highest BCUT2D eigenvalue weighted by atomic mass is 35.5. The molecule has 22 heavy (non-hydrogen) atoms. The van der Waals surface area contributed by atoms with Gasteiger partial charge in [-0.25, -0.2) is 0 Å². The van der Waals surface area contributed by atoms with E-state index in [1.807, 2.05) is 25.1 Å². The maximum atomic E-state index is 12.3. The van der Waals surface area contributed by atoms with Gasteiger partial charge in [0.2, 0.25) is 0 Å². The second-order valence-corrected chi connectivity index (χ2v) is 5.44. The van der Waals surface area contributed by atoms with Crippen molar-refractivity contribution in [2.24, 2.45) is 0 Å². The number of carbonyl (C=O) groups excluding carboxylic acids is 1. The Morgan fingerprint density at radius 1 is 1.27 bits per heavy atom. The molecule has 0 saturated carbocycles. The van der Waals surface area contributed by atoms with Gasteiger partial charge in [0.25, 0.3) is 5.91 Å². The van der Waals surface area contributed by atoms with Crippen LogP contribution in [0.3, 0.4) is 0 Å². The van der Waals surface area contributed by atoms with Gasteiger partial charge >= 0.3 is 0 Å². The van der Waals surface area contributed by atoms with Crippen LogP contribution in [0.2, 0.25) is 5.02 Å². The first-order valence-corrected chi connectivity index (χ1v) is 7.16.